The van der Waals surface area contributed by atoms with E-state index in [9.17, 15) is 4.79 Å². The van der Waals surface area contributed by atoms with Crippen LogP contribution in [0.15, 0.2) is 11.8 Å². The first kappa shape index (κ1) is 13.6. The Balaban J connectivity index is 1.92. The summed E-state index contributed by atoms with van der Waals surface area (Å²) >= 11 is 0. The quantitative estimate of drug-likeness (QED) is 0.725. The minimum Gasteiger partial charge on any atom is -0.319 e. The van der Waals surface area contributed by atoms with Crippen molar-refractivity contribution in [3.05, 3.63) is 11.8 Å². The summed E-state index contributed by atoms with van der Waals surface area (Å²) in [5.41, 5.74) is 1.26. The second-order valence-electron chi connectivity index (χ2n) is 6.43. The maximum Gasteiger partial charge on any atom is 0.229 e. The van der Waals surface area contributed by atoms with Gasteiger partial charge in [0, 0.05) is 18.7 Å². The van der Waals surface area contributed by atoms with Crippen molar-refractivity contribution in [3.63, 3.8) is 0 Å². The molecule has 0 saturated heterocycles. The molecule has 1 atom stereocenters. The molecule has 0 bridgehead atoms. The van der Waals surface area contributed by atoms with Gasteiger partial charge in [0.2, 0.25) is 5.91 Å². The Bertz CT molecular complexity index is 326. The Morgan fingerprint density at radius 2 is 1.78 bits per heavy atom. The average Bonchev–Trinajstić information content (AvgIpc) is 2.39. The molecular weight excluding hydrogens is 222 g/mol. The van der Waals surface area contributed by atoms with Crippen LogP contribution in [0.4, 0.5) is 0 Å². The molecule has 1 fully saturated rings. The van der Waals surface area contributed by atoms with Gasteiger partial charge in [-0.25, -0.2) is 0 Å². The summed E-state index contributed by atoms with van der Waals surface area (Å²) in [4.78, 5) is 14.4. The molecule has 1 amide bonds. The van der Waals surface area contributed by atoms with E-state index >= 15 is 0 Å². The topological polar surface area (TPSA) is 20.3 Å². The SMILES string of the molecule is CC1CC=C(N(C)C(=O)C2CCC(C)CC2)CC1. The molecule has 2 rings (SSSR count). The molecule has 0 spiro atoms. The zero-order valence-corrected chi connectivity index (χ0v) is 12.1. The maximum atomic E-state index is 12.5. The molecule has 0 radical (unpaired) electrons. The third kappa shape index (κ3) is 3.15. The van der Waals surface area contributed by atoms with E-state index in [4.69, 9.17) is 0 Å². The summed E-state index contributed by atoms with van der Waals surface area (Å²) in [6.45, 7) is 4.59. The fraction of sp³-hybridized carbons (Fsp3) is 0.812. The third-order valence-corrected chi connectivity index (χ3v) is 4.78. The number of carbonyl (C=O) groups is 1. The number of amides is 1. The van der Waals surface area contributed by atoms with Gasteiger partial charge in [-0.15, -0.1) is 0 Å². The van der Waals surface area contributed by atoms with Crippen LogP contribution in [0.25, 0.3) is 0 Å². The van der Waals surface area contributed by atoms with E-state index in [1.807, 2.05) is 11.9 Å². The van der Waals surface area contributed by atoms with Crippen molar-refractivity contribution in [2.24, 2.45) is 17.8 Å². The van der Waals surface area contributed by atoms with E-state index in [1.54, 1.807) is 0 Å². The summed E-state index contributed by atoms with van der Waals surface area (Å²) in [5, 5.41) is 0. The average molecular weight is 249 g/mol. The van der Waals surface area contributed by atoms with Crippen LogP contribution >= 0.6 is 0 Å². The Kier molecular flexibility index (Phi) is 4.47. The molecule has 2 aliphatic rings. The highest BCUT2D eigenvalue weighted by Gasteiger charge is 2.28. The first-order valence-corrected chi connectivity index (χ1v) is 7.54. The summed E-state index contributed by atoms with van der Waals surface area (Å²) in [6.07, 6.45) is 10.3. The summed E-state index contributed by atoms with van der Waals surface area (Å²) < 4.78 is 0. The van der Waals surface area contributed by atoms with Crippen molar-refractivity contribution in [3.8, 4) is 0 Å². The van der Waals surface area contributed by atoms with E-state index in [2.05, 4.69) is 19.9 Å². The molecule has 2 aliphatic carbocycles. The van der Waals surface area contributed by atoms with Crippen LogP contribution in [0.5, 0.6) is 0 Å². The Labute approximate surface area is 111 Å². The van der Waals surface area contributed by atoms with Crippen LogP contribution in [-0.4, -0.2) is 17.9 Å². The predicted octanol–water partition coefficient (Wildman–Crippen LogP) is 3.98. The fourth-order valence-electron chi connectivity index (χ4n) is 3.18. The van der Waals surface area contributed by atoms with Crippen LogP contribution in [0.3, 0.4) is 0 Å². The van der Waals surface area contributed by atoms with E-state index in [1.165, 1.54) is 25.0 Å². The van der Waals surface area contributed by atoms with Crippen molar-refractivity contribution < 1.29 is 4.79 Å². The second kappa shape index (κ2) is 5.90. The van der Waals surface area contributed by atoms with Crippen LogP contribution in [-0.2, 0) is 4.79 Å². The van der Waals surface area contributed by atoms with Gasteiger partial charge in [-0.3, -0.25) is 4.79 Å². The highest BCUT2D eigenvalue weighted by molar-refractivity contribution is 5.80. The Morgan fingerprint density at radius 3 is 2.33 bits per heavy atom. The lowest BCUT2D eigenvalue weighted by molar-refractivity contribution is -0.133. The third-order valence-electron chi connectivity index (χ3n) is 4.78. The monoisotopic (exact) mass is 249 g/mol. The zero-order chi connectivity index (χ0) is 13.1. The Hall–Kier alpha value is -0.790. The fourth-order valence-corrected chi connectivity index (χ4v) is 3.18. The molecule has 0 aromatic rings. The van der Waals surface area contributed by atoms with E-state index in [0.717, 1.165) is 37.5 Å². The molecule has 0 aromatic carbocycles. The lowest BCUT2D eigenvalue weighted by atomic mass is 9.82. The molecule has 2 nitrogen and oxygen atoms in total. The van der Waals surface area contributed by atoms with Crippen LogP contribution < -0.4 is 0 Å². The maximum absolute atomic E-state index is 12.5. The summed E-state index contributed by atoms with van der Waals surface area (Å²) in [5.74, 6) is 2.25. The number of hydrogen-bond acceptors (Lipinski definition) is 1. The smallest absolute Gasteiger partial charge is 0.229 e. The summed E-state index contributed by atoms with van der Waals surface area (Å²) in [6, 6.07) is 0. The molecular formula is C16H27NO. The standard InChI is InChI=1S/C16H27NO/c1-12-4-8-14(9-5-12)16(18)17(3)15-10-6-13(2)7-11-15/h10,12-14H,4-9,11H2,1-3H3. The van der Waals surface area contributed by atoms with Crippen molar-refractivity contribution in [1.82, 2.24) is 4.90 Å². The van der Waals surface area contributed by atoms with Gasteiger partial charge in [-0.05, 0) is 56.8 Å². The molecule has 18 heavy (non-hydrogen) atoms. The normalized spacial score (nSPS) is 32.8. The number of allylic oxidation sites excluding steroid dienone is 2. The molecule has 0 heterocycles. The first-order valence-electron chi connectivity index (χ1n) is 7.54. The van der Waals surface area contributed by atoms with Crippen molar-refractivity contribution >= 4 is 5.91 Å². The molecule has 102 valence electrons. The zero-order valence-electron chi connectivity index (χ0n) is 12.1. The van der Waals surface area contributed by atoms with E-state index in [-0.39, 0.29) is 5.92 Å². The van der Waals surface area contributed by atoms with Crippen LogP contribution in [0.1, 0.15) is 58.8 Å². The Morgan fingerprint density at radius 1 is 1.11 bits per heavy atom. The molecule has 0 aromatic heterocycles. The minimum absolute atomic E-state index is 0.284. The van der Waals surface area contributed by atoms with Gasteiger partial charge in [-0.1, -0.05) is 19.9 Å². The van der Waals surface area contributed by atoms with Gasteiger partial charge < -0.3 is 4.90 Å². The van der Waals surface area contributed by atoms with Gasteiger partial charge in [0.25, 0.3) is 0 Å². The van der Waals surface area contributed by atoms with Crippen molar-refractivity contribution in [1.29, 1.82) is 0 Å². The highest BCUT2D eigenvalue weighted by atomic mass is 16.2. The van der Waals surface area contributed by atoms with Gasteiger partial charge in [0.05, 0.1) is 0 Å². The summed E-state index contributed by atoms with van der Waals surface area (Å²) in [7, 11) is 1.97. The predicted molar refractivity (Wildman–Crippen MR) is 75.0 cm³/mol. The van der Waals surface area contributed by atoms with Gasteiger partial charge in [0.15, 0.2) is 0 Å². The molecule has 2 heteroatoms. The lowest BCUT2D eigenvalue weighted by Crippen LogP contribution is -2.35. The van der Waals surface area contributed by atoms with Crippen molar-refractivity contribution in [2.45, 2.75) is 58.8 Å². The largest absolute Gasteiger partial charge is 0.319 e. The number of rotatable bonds is 2. The lowest BCUT2D eigenvalue weighted by Gasteiger charge is -2.32. The molecule has 0 aliphatic heterocycles. The molecule has 0 N–H and O–H groups in total. The first-order chi connectivity index (χ1) is 8.58. The van der Waals surface area contributed by atoms with Gasteiger partial charge >= 0.3 is 0 Å². The molecule has 1 unspecified atom stereocenters. The highest BCUT2D eigenvalue weighted by Crippen LogP contribution is 2.31. The van der Waals surface area contributed by atoms with Crippen LogP contribution in [0.2, 0.25) is 0 Å². The number of nitrogens with zero attached hydrogens (tertiary/aromatic N) is 1. The minimum atomic E-state index is 0.284. The van der Waals surface area contributed by atoms with E-state index in [0.29, 0.717) is 5.91 Å². The van der Waals surface area contributed by atoms with Crippen molar-refractivity contribution in [2.75, 3.05) is 7.05 Å². The van der Waals surface area contributed by atoms with E-state index < -0.39 is 0 Å². The number of hydrogen-bond donors (Lipinski definition) is 0. The second-order valence-corrected chi connectivity index (χ2v) is 6.43. The number of carbonyl (C=O) groups excluding carboxylic acids is 1. The van der Waals surface area contributed by atoms with Gasteiger partial charge in [0.1, 0.15) is 0 Å². The van der Waals surface area contributed by atoms with Gasteiger partial charge in [-0.2, -0.15) is 0 Å². The molecule has 1 saturated carbocycles. The van der Waals surface area contributed by atoms with Crippen LogP contribution in [0, 0.1) is 17.8 Å².